The molecule has 1 aromatic heterocycles. The summed E-state index contributed by atoms with van der Waals surface area (Å²) in [6, 6.07) is 1.37. The average molecular weight is 279 g/mol. The van der Waals surface area contributed by atoms with Gasteiger partial charge in [-0.1, -0.05) is 6.92 Å². The number of likely N-dealkylation sites (tertiary alicyclic amines) is 1. The summed E-state index contributed by atoms with van der Waals surface area (Å²) in [4.78, 5) is 8.83. The summed E-state index contributed by atoms with van der Waals surface area (Å²) < 4.78 is 0. The van der Waals surface area contributed by atoms with Crippen LogP contribution in [0.15, 0.2) is 0 Å². The van der Waals surface area contributed by atoms with Crippen LogP contribution in [0.1, 0.15) is 48.7 Å². The first kappa shape index (κ1) is 13.5. The van der Waals surface area contributed by atoms with E-state index in [2.05, 4.69) is 38.0 Å². The third-order valence-corrected chi connectivity index (χ3v) is 5.83. The minimum Gasteiger partial charge on any atom is -0.301 e. The number of hydrogen-bond acceptors (Lipinski definition) is 4. The number of nitrogens with one attached hydrogen (secondary N) is 1. The molecule has 2 fully saturated rings. The van der Waals surface area contributed by atoms with E-state index < -0.39 is 0 Å². The Labute approximate surface area is 120 Å². The molecule has 0 spiro atoms. The van der Waals surface area contributed by atoms with Crippen molar-refractivity contribution in [1.82, 2.24) is 15.2 Å². The van der Waals surface area contributed by atoms with E-state index in [4.69, 9.17) is 4.98 Å². The van der Waals surface area contributed by atoms with Gasteiger partial charge < -0.3 is 10.2 Å². The van der Waals surface area contributed by atoms with Crippen LogP contribution in [0, 0.1) is 6.92 Å². The molecule has 3 nitrogen and oxygen atoms in total. The van der Waals surface area contributed by atoms with E-state index in [0.717, 1.165) is 19.0 Å². The fraction of sp³-hybridized carbons (Fsp3) is 0.800. The standard InChI is InChI=1S/C15H25N3S/c1-5-13-11(3)19-14(16-13)15(17-12-6-7-12)8-10(2)18(4)9-15/h10,12,17H,5-9H2,1-4H3. The van der Waals surface area contributed by atoms with Crippen molar-refractivity contribution < 1.29 is 0 Å². The van der Waals surface area contributed by atoms with Gasteiger partial charge in [-0.15, -0.1) is 11.3 Å². The predicted octanol–water partition coefficient (Wildman–Crippen LogP) is 2.69. The summed E-state index contributed by atoms with van der Waals surface area (Å²) in [6.07, 6.45) is 4.92. The third-order valence-electron chi connectivity index (χ3n) is 4.61. The highest BCUT2D eigenvalue weighted by Gasteiger charge is 2.47. The van der Waals surface area contributed by atoms with Crippen LogP contribution in [-0.4, -0.2) is 35.6 Å². The molecule has 1 aliphatic heterocycles. The zero-order valence-corrected chi connectivity index (χ0v) is 13.3. The van der Waals surface area contributed by atoms with E-state index in [-0.39, 0.29) is 5.54 Å². The van der Waals surface area contributed by atoms with Crippen LogP contribution in [0.5, 0.6) is 0 Å². The van der Waals surface area contributed by atoms with Gasteiger partial charge in [0.15, 0.2) is 0 Å². The van der Waals surface area contributed by atoms with Gasteiger partial charge in [-0.3, -0.25) is 0 Å². The van der Waals surface area contributed by atoms with Crippen molar-refractivity contribution in [1.29, 1.82) is 0 Å². The fourth-order valence-electron chi connectivity index (χ4n) is 3.21. The molecule has 1 saturated heterocycles. The second-order valence-electron chi connectivity index (χ2n) is 6.34. The Bertz CT molecular complexity index is 448. The van der Waals surface area contributed by atoms with Crippen molar-refractivity contribution >= 4 is 11.3 Å². The first-order chi connectivity index (χ1) is 9.04. The molecule has 1 aromatic rings. The van der Waals surface area contributed by atoms with Gasteiger partial charge in [0.1, 0.15) is 5.01 Å². The van der Waals surface area contributed by atoms with Gasteiger partial charge in [-0.25, -0.2) is 4.98 Å². The van der Waals surface area contributed by atoms with E-state index in [9.17, 15) is 0 Å². The molecule has 0 amide bonds. The summed E-state index contributed by atoms with van der Waals surface area (Å²) in [5.41, 5.74) is 1.40. The number of aryl methyl sites for hydroxylation is 2. The molecule has 1 aliphatic carbocycles. The topological polar surface area (TPSA) is 28.2 Å². The maximum Gasteiger partial charge on any atom is 0.115 e. The zero-order chi connectivity index (χ0) is 13.6. The van der Waals surface area contributed by atoms with Crippen LogP contribution in [-0.2, 0) is 12.0 Å². The predicted molar refractivity (Wildman–Crippen MR) is 80.8 cm³/mol. The molecule has 1 N–H and O–H groups in total. The number of nitrogens with zero attached hydrogens (tertiary/aromatic N) is 2. The van der Waals surface area contributed by atoms with Gasteiger partial charge in [-0.2, -0.15) is 0 Å². The minimum absolute atomic E-state index is 0.109. The highest BCUT2D eigenvalue weighted by atomic mass is 32.1. The molecule has 19 heavy (non-hydrogen) atoms. The lowest BCUT2D eigenvalue weighted by Crippen LogP contribution is -2.45. The van der Waals surface area contributed by atoms with Crippen molar-refractivity contribution in [2.24, 2.45) is 0 Å². The van der Waals surface area contributed by atoms with Crippen molar-refractivity contribution in [2.45, 2.75) is 64.1 Å². The number of thiazole rings is 1. The molecule has 4 heteroatoms. The molecule has 1 saturated carbocycles. The first-order valence-corrected chi connectivity index (χ1v) is 8.30. The fourth-order valence-corrected chi connectivity index (χ4v) is 4.36. The first-order valence-electron chi connectivity index (χ1n) is 7.49. The van der Waals surface area contributed by atoms with E-state index in [1.807, 2.05) is 11.3 Å². The van der Waals surface area contributed by atoms with Crippen LogP contribution < -0.4 is 5.32 Å². The summed E-state index contributed by atoms with van der Waals surface area (Å²) in [5, 5.41) is 5.24. The molecule has 2 atom stereocenters. The van der Waals surface area contributed by atoms with Gasteiger partial charge in [0.25, 0.3) is 0 Å². The second-order valence-corrected chi connectivity index (χ2v) is 7.55. The number of likely N-dealkylation sites (N-methyl/N-ethyl adjacent to an activating group) is 1. The molecule has 2 heterocycles. The molecule has 0 radical (unpaired) electrons. The molecular formula is C15H25N3S. The Morgan fingerprint density at radius 3 is 2.68 bits per heavy atom. The molecule has 2 unspecified atom stereocenters. The Morgan fingerprint density at radius 1 is 1.47 bits per heavy atom. The maximum atomic E-state index is 4.96. The van der Waals surface area contributed by atoms with Gasteiger partial charge in [0.05, 0.1) is 11.2 Å². The monoisotopic (exact) mass is 279 g/mol. The summed E-state index contributed by atoms with van der Waals surface area (Å²) in [5.74, 6) is 0. The number of aromatic nitrogens is 1. The van der Waals surface area contributed by atoms with Crippen LogP contribution in [0.2, 0.25) is 0 Å². The minimum atomic E-state index is 0.109. The van der Waals surface area contributed by atoms with Gasteiger partial charge in [0, 0.05) is 23.5 Å². The normalized spacial score (nSPS) is 32.1. The second kappa shape index (κ2) is 4.83. The summed E-state index contributed by atoms with van der Waals surface area (Å²) in [7, 11) is 2.24. The molecule has 2 aliphatic rings. The quantitative estimate of drug-likeness (QED) is 0.918. The van der Waals surface area contributed by atoms with Crippen LogP contribution in [0.25, 0.3) is 0 Å². The number of hydrogen-bond donors (Lipinski definition) is 1. The Hall–Kier alpha value is -0.450. The Balaban J connectivity index is 1.93. The van der Waals surface area contributed by atoms with Crippen molar-refractivity contribution in [3.63, 3.8) is 0 Å². The van der Waals surface area contributed by atoms with E-state index in [0.29, 0.717) is 6.04 Å². The van der Waals surface area contributed by atoms with Crippen LogP contribution in [0.4, 0.5) is 0 Å². The van der Waals surface area contributed by atoms with Crippen molar-refractivity contribution in [3.8, 4) is 0 Å². The molecule has 3 rings (SSSR count). The largest absolute Gasteiger partial charge is 0.301 e. The number of rotatable bonds is 4. The lowest BCUT2D eigenvalue weighted by molar-refractivity contribution is 0.297. The maximum absolute atomic E-state index is 4.96. The van der Waals surface area contributed by atoms with Gasteiger partial charge in [-0.05, 0) is 46.6 Å². The van der Waals surface area contributed by atoms with E-state index in [1.54, 1.807) is 0 Å². The van der Waals surface area contributed by atoms with Crippen molar-refractivity contribution in [2.75, 3.05) is 13.6 Å². The summed E-state index contributed by atoms with van der Waals surface area (Å²) >= 11 is 1.91. The van der Waals surface area contributed by atoms with E-state index in [1.165, 1.54) is 34.8 Å². The molecular weight excluding hydrogens is 254 g/mol. The zero-order valence-electron chi connectivity index (χ0n) is 12.5. The highest BCUT2D eigenvalue weighted by Crippen LogP contribution is 2.40. The van der Waals surface area contributed by atoms with Crippen LogP contribution >= 0.6 is 11.3 Å². The summed E-state index contributed by atoms with van der Waals surface area (Å²) in [6.45, 7) is 7.85. The molecule has 0 bridgehead atoms. The molecule has 106 valence electrons. The van der Waals surface area contributed by atoms with Crippen molar-refractivity contribution in [3.05, 3.63) is 15.6 Å². The highest BCUT2D eigenvalue weighted by molar-refractivity contribution is 7.11. The third kappa shape index (κ3) is 2.46. The smallest absolute Gasteiger partial charge is 0.115 e. The van der Waals surface area contributed by atoms with Crippen LogP contribution in [0.3, 0.4) is 0 Å². The Kier molecular flexibility index (Phi) is 3.44. The average Bonchev–Trinajstić information content (AvgIpc) is 3.01. The lowest BCUT2D eigenvalue weighted by Gasteiger charge is -2.28. The van der Waals surface area contributed by atoms with Gasteiger partial charge in [0.2, 0.25) is 0 Å². The Morgan fingerprint density at radius 2 is 2.21 bits per heavy atom. The SMILES string of the molecule is CCc1nc(C2(NC3CC3)CC(C)N(C)C2)sc1C. The van der Waals surface area contributed by atoms with E-state index >= 15 is 0 Å². The lowest BCUT2D eigenvalue weighted by atomic mass is 9.96. The molecule has 0 aromatic carbocycles. The van der Waals surface area contributed by atoms with Gasteiger partial charge >= 0.3 is 0 Å².